The molecule has 3 aromatic carbocycles. The van der Waals surface area contributed by atoms with E-state index in [1.165, 1.54) is 17.0 Å². The topological polar surface area (TPSA) is 61.8 Å². The molecule has 0 bridgehead atoms. The fourth-order valence-electron chi connectivity index (χ4n) is 3.99. The first-order valence-electron chi connectivity index (χ1n) is 10.1. The molecule has 0 saturated carbocycles. The van der Waals surface area contributed by atoms with Gasteiger partial charge in [-0.15, -0.1) is 0 Å². The van der Waals surface area contributed by atoms with Crippen LogP contribution >= 0.6 is 11.6 Å². The van der Waals surface area contributed by atoms with Crippen molar-refractivity contribution in [3.05, 3.63) is 88.9 Å². The molecule has 5 nitrogen and oxygen atoms in total. The molecule has 0 spiro atoms. The van der Waals surface area contributed by atoms with Gasteiger partial charge < -0.3 is 15.2 Å². The van der Waals surface area contributed by atoms with E-state index in [2.05, 4.69) is 5.32 Å². The normalized spacial score (nSPS) is 18.3. The quantitative estimate of drug-likeness (QED) is 0.461. The van der Waals surface area contributed by atoms with Gasteiger partial charge in [-0.05, 0) is 66.2 Å². The molecule has 4 rings (SSSR count). The van der Waals surface area contributed by atoms with Crippen LogP contribution in [0.15, 0.2) is 72.8 Å². The van der Waals surface area contributed by atoms with Crippen LogP contribution in [0.2, 0.25) is 5.02 Å². The molecule has 0 radical (unpaired) electrons. The number of aliphatic hydroxyl groups is 1. The van der Waals surface area contributed by atoms with E-state index in [4.69, 9.17) is 16.3 Å². The van der Waals surface area contributed by atoms with E-state index >= 15 is 0 Å². The highest BCUT2D eigenvalue weighted by molar-refractivity contribution is 6.30. The molecular formula is C24H20ClF3N2O3. The molecule has 1 atom stereocenters. The molecule has 2 N–H and O–H groups in total. The monoisotopic (exact) mass is 476 g/mol. The Morgan fingerprint density at radius 2 is 1.67 bits per heavy atom. The summed E-state index contributed by atoms with van der Waals surface area (Å²) in [5, 5.41) is 13.0. The molecule has 1 aliphatic heterocycles. The number of hydrogen-bond donors (Lipinski definition) is 2. The summed E-state index contributed by atoms with van der Waals surface area (Å²) in [5.41, 5.74) is -1.26. The van der Waals surface area contributed by atoms with Gasteiger partial charge in [-0.2, -0.15) is 13.2 Å². The van der Waals surface area contributed by atoms with Crippen LogP contribution in [0.5, 0.6) is 11.5 Å². The molecule has 3 aromatic rings. The number of urea groups is 1. The third-order valence-corrected chi connectivity index (χ3v) is 5.81. The zero-order valence-electron chi connectivity index (χ0n) is 17.3. The summed E-state index contributed by atoms with van der Waals surface area (Å²) in [6.45, 7) is -0.268. The van der Waals surface area contributed by atoms with Gasteiger partial charge >= 0.3 is 12.2 Å². The van der Waals surface area contributed by atoms with Crippen molar-refractivity contribution in [2.45, 2.75) is 18.1 Å². The van der Waals surface area contributed by atoms with Gasteiger partial charge in [0.05, 0.1) is 11.1 Å². The predicted octanol–water partition coefficient (Wildman–Crippen LogP) is 5.96. The number of carbonyl (C=O) groups is 1. The summed E-state index contributed by atoms with van der Waals surface area (Å²) in [6.07, 6.45) is -4.48. The van der Waals surface area contributed by atoms with E-state index < -0.39 is 23.3 Å². The van der Waals surface area contributed by atoms with Gasteiger partial charge in [0.1, 0.15) is 11.5 Å². The lowest BCUT2D eigenvalue weighted by Gasteiger charge is -2.37. The van der Waals surface area contributed by atoms with Crippen molar-refractivity contribution in [2.75, 3.05) is 18.1 Å². The highest BCUT2D eigenvalue weighted by Gasteiger charge is 2.48. The smallest absolute Gasteiger partial charge is 0.416 e. The van der Waals surface area contributed by atoms with Crippen LogP contribution < -0.4 is 15.0 Å². The minimum atomic E-state index is -4.53. The Hall–Kier alpha value is -3.23. The summed E-state index contributed by atoms with van der Waals surface area (Å²) >= 11 is 5.88. The van der Waals surface area contributed by atoms with Crippen molar-refractivity contribution < 1.29 is 27.8 Å². The molecule has 1 heterocycles. The van der Waals surface area contributed by atoms with Crippen LogP contribution in [0.3, 0.4) is 0 Å². The number of aliphatic hydroxyl groups excluding tert-OH is 1. The number of ether oxygens (including phenoxy) is 1. The molecule has 0 aliphatic carbocycles. The standard InChI is InChI=1S/C24H20ClF3N2O3/c25-18-4-8-20(9-5-18)33-21-10-6-19(7-11-21)30-22(32)29-15-23(30,12-13-31)16-2-1-3-17(14-16)24(26,27)28/h1-11,14,31H,12-13,15H2,(H,29,32). The van der Waals surface area contributed by atoms with E-state index in [0.717, 1.165) is 12.1 Å². The summed E-state index contributed by atoms with van der Waals surface area (Å²) in [4.78, 5) is 14.2. The van der Waals surface area contributed by atoms with Gasteiger partial charge in [0.15, 0.2) is 0 Å². The number of nitrogens with zero attached hydrogens (tertiary/aromatic N) is 1. The zero-order chi connectivity index (χ0) is 23.6. The Morgan fingerprint density at radius 3 is 2.27 bits per heavy atom. The first-order valence-corrected chi connectivity index (χ1v) is 10.5. The second-order valence-electron chi connectivity index (χ2n) is 7.63. The van der Waals surface area contributed by atoms with Crippen LogP contribution in [0.25, 0.3) is 0 Å². The Labute approximate surface area is 193 Å². The number of halogens is 4. The minimum absolute atomic E-state index is 0.0517. The summed E-state index contributed by atoms with van der Waals surface area (Å²) in [5.74, 6) is 1.08. The molecular weight excluding hydrogens is 457 g/mol. The number of nitrogens with one attached hydrogen (secondary N) is 1. The van der Waals surface area contributed by atoms with Crippen molar-refractivity contribution in [3.8, 4) is 11.5 Å². The number of anilines is 1. The zero-order valence-corrected chi connectivity index (χ0v) is 18.0. The average molecular weight is 477 g/mol. The van der Waals surface area contributed by atoms with E-state index in [9.17, 15) is 23.1 Å². The van der Waals surface area contributed by atoms with Crippen molar-refractivity contribution in [1.29, 1.82) is 0 Å². The van der Waals surface area contributed by atoms with E-state index in [1.54, 1.807) is 48.5 Å². The lowest BCUT2D eigenvalue weighted by Crippen LogP contribution is -2.45. The second kappa shape index (κ2) is 8.96. The largest absolute Gasteiger partial charge is 0.457 e. The minimum Gasteiger partial charge on any atom is -0.457 e. The summed E-state index contributed by atoms with van der Waals surface area (Å²) < 4.78 is 45.8. The average Bonchev–Trinajstić information content (AvgIpc) is 3.13. The lowest BCUT2D eigenvalue weighted by atomic mass is 9.84. The number of hydrogen-bond acceptors (Lipinski definition) is 3. The SMILES string of the molecule is O=C1NCC(CCO)(c2cccc(C(F)(F)F)c2)N1c1ccc(Oc2ccc(Cl)cc2)cc1. The number of rotatable bonds is 6. The van der Waals surface area contributed by atoms with Crippen LogP contribution in [0.1, 0.15) is 17.5 Å². The van der Waals surface area contributed by atoms with Crippen LogP contribution in [0.4, 0.5) is 23.7 Å². The number of alkyl halides is 3. The van der Waals surface area contributed by atoms with Crippen LogP contribution in [0, 0.1) is 0 Å². The fourth-order valence-corrected chi connectivity index (χ4v) is 4.11. The number of benzene rings is 3. The summed E-state index contributed by atoms with van der Waals surface area (Å²) in [6, 6.07) is 17.8. The first kappa shape index (κ1) is 22.9. The summed E-state index contributed by atoms with van der Waals surface area (Å²) in [7, 11) is 0. The third-order valence-electron chi connectivity index (χ3n) is 5.56. The van der Waals surface area contributed by atoms with Crippen LogP contribution in [-0.2, 0) is 11.7 Å². The maximum atomic E-state index is 13.3. The lowest BCUT2D eigenvalue weighted by molar-refractivity contribution is -0.137. The van der Waals surface area contributed by atoms with Gasteiger partial charge in [0, 0.05) is 30.3 Å². The van der Waals surface area contributed by atoms with Gasteiger partial charge in [-0.3, -0.25) is 4.90 Å². The molecule has 172 valence electrons. The maximum absolute atomic E-state index is 13.3. The second-order valence-corrected chi connectivity index (χ2v) is 8.06. The maximum Gasteiger partial charge on any atom is 0.416 e. The number of carbonyl (C=O) groups excluding carboxylic acids is 1. The molecule has 33 heavy (non-hydrogen) atoms. The van der Waals surface area contributed by atoms with Gasteiger partial charge in [0.2, 0.25) is 0 Å². The Balaban J connectivity index is 1.69. The Kier molecular flexibility index (Phi) is 6.23. The Morgan fingerprint density at radius 1 is 1.03 bits per heavy atom. The molecule has 2 amide bonds. The number of amides is 2. The van der Waals surface area contributed by atoms with Crippen molar-refractivity contribution in [1.82, 2.24) is 5.32 Å². The van der Waals surface area contributed by atoms with E-state index in [1.807, 2.05) is 0 Å². The van der Waals surface area contributed by atoms with Crippen molar-refractivity contribution in [2.24, 2.45) is 0 Å². The molecule has 1 fully saturated rings. The molecule has 9 heteroatoms. The highest BCUT2D eigenvalue weighted by atomic mass is 35.5. The van der Waals surface area contributed by atoms with Gasteiger partial charge in [0.25, 0.3) is 0 Å². The highest BCUT2D eigenvalue weighted by Crippen LogP contribution is 2.41. The predicted molar refractivity (Wildman–Crippen MR) is 119 cm³/mol. The molecule has 1 saturated heterocycles. The van der Waals surface area contributed by atoms with E-state index in [-0.39, 0.29) is 25.1 Å². The third kappa shape index (κ3) is 4.62. The van der Waals surface area contributed by atoms with Crippen LogP contribution in [-0.4, -0.2) is 24.3 Å². The fraction of sp³-hybridized carbons (Fsp3) is 0.208. The van der Waals surface area contributed by atoms with Crippen molar-refractivity contribution >= 4 is 23.3 Å². The van der Waals surface area contributed by atoms with Gasteiger partial charge in [-0.25, -0.2) is 4.79 Å². The molecule has 1 aliphatic rings. The molecule has 1 unspecified atom stereocenters. The van der Waals surface area contributed by atoms with Gasteiger partial charge in [-0.1, -0.05) is 23.7 Å². The first-order chi connectivity index (χ1) is 15.7. The molecule has 0 aromatic heterocycles. The van der Waals surface area contributed by atoms with Crippen molar-refractivity contribution in [3.63, 3.8) is 0 Å². The Bertz CT molecular complexity index is 1140. The van der Waals surface area contributed by atoms with E-state index in [0.29, 0.717) is 22.2 Å².